The predicted octanol–water partition coefficient (Wildman–Crippen LogP) is 5.82. The van der Waals surface area contributed by atoms with Crippen molar-refractivity contribution in [2.45, 2.75) is 45.8 Å². The summed E-state index contributed by atoms with van der Waals surface area (Å²) < 4.78 is 7.19. The number of ether oxygens (including phenoxy) is 1. The molecule has 1 unspecified atom stereocenters. The summed E-state index contributed by atoms with van der Waals surface area (Å²) in [6.45, 7) is 5.18. The number of fused-ring (bicyclic) bond motifs is 1. The minimum atomic E-state index is -0.906. The van der Waals surface area contributed by atoms with Crippen LogP contribution in [0.1, 0.15) is 46.1 Å². The zero-order chi connectivity index (χ0) is 24.1. The first-order chi connectivity index (χ1) is 16.5. The van der Waals surface area contributed by atoms with Gasteiger partial charge in [0.25, 0.3) is 0 Å². The maximum absolute atomic E-state index is 12.5. The Hall–Kier alpha value is -3.57. The molecule has 0 saturated carbocycles. The molecule has 0 saturated heterocycles. The second-order valence-electron chi connectivity index (χ2n) is 8.89. The monoisotopic (exact) mass is 456 g/mol. The van der Waals surface area contributed by atoms with Crippen LogP contribution in [0.3, 0.4) is 0 Å². The van der Waals surface area contributed by atoms with Crippen LogP contribution in [0, 0.1) is 6.92 Å². The van der Waals surface area contributed by atoms with Crippen LogP contribution in [-0.4, -0.2) is 28.8 Å². The van der Waals surface area contributed by atoms with E-state index < -0.39 is 5.97 Å². The van der Waals surface area contributed by atoms with Crippen LogP contribution >= 0.6 is 0 Å². The molecule has 5 nitrogen and oxygen atoms in total. The Labute approximate surface area is 201 Å². The Kier molecular flexibility index (Phi) is 7.33. The molecule has 0 spiro atoms. The van der Waals surface area contributed by atoms with Crippen molar-refractivity contribution in [3.63, 3.8) is 0 Å². The maximum Gasteiger partial charge on any atom is 0.352 e. The Morgan fingerprint density at radius 3 is 2.44 bits per heavy atom. The van der Waals surface area contributed by atoms with Gasteiger partial charge in [0.15, 0.2) is 0 Å². The lowest BCUT2D eigenvalue weighted by Crippen LogP contribution is -2.27. The van der Waals surface area contributed by atoms with Gasteiger partial charge in [0.1, 0.15) is 11.4 Å². The van der Waals surface area contributed by atoms with Gasteiger partial charge in [0.05, 0.1) is 7.11 Å². The van der Waals surface area contributed by atoms with Crippen molar-refractivity contribution < 1.29 is 14.6 Å². The molecule has 1 aromatic heterocycles. The molecule has 0 aliphatic heterocycles. The van der Waals surface area contributed by atoms with Crippen molar-refractivity contribution in [3.8, 4) is 5.75 Å². The molecule has 2 N–H and O–H groups in total. The molecule has 1 heterocycles. The van der Waals surface area contributed by atoms with Gasteiger partial charge in [-0.25, -0.2) is 4.79 Å². The number of carboxylic acids is 1. The summed E-state index contributed by atoms with van der Waals surface area (Å²) in [5.41, 5.74) is 5.57. The van der Waals surface area contributed by atoms with Gasteiger partial charge >= 0.3 is 5.97 Å². The number of aromatic nitrogens is 1. The summed E-state index contributed by atoms with van der Waals surface area (Å²) in [6.07, 6.45) is 1.97. The summed E-state index contributed by atoms with van der Waals surface area (Å²) in [4.78, 5) is 12.5. The highest BCUT2D eigenvalue weighted by Gasteiger charge is 2.23. The lowest BCUT2D eigenvalue weighted by molar-refractivity contribution is 0.0684. The van der Waals surface area contributed by atoms with Gasteiger partial charge in [-0.2, -0.15) is 0 Å². The number of aromatic carboxylic acids is 1. The van der Waals surface area contributed by atoms with E-state index in [-0.39, 0.29) is 6.04 Å². The highest BCUT2D eigenvalue weighted by molar-refractivity contribution is 5.98. The first kappa shape index (κ1) is 23.6. The molecule has 0 radical (unpaired) electrons. The summed E-state index contributed by atoms with van der Waals surface area (Å²) in [7, 11) is 1.64. The maximum atomic E-state index is 12.5. The number of nitrogens with one attached hydrogen (secondary N) is 1. The third kappa shape index (κ3) is 5.32. The van der Waals surface area contributed by atoms with Crippen molar-refractivity contribution in [2.75, 3.05) is 7.11 Å². The minimum absolute atomic E-state index is 0.257. The average Bonchev–Trinajstić information content (AvgIpc) is 3.15. The fraction of sp³-hybridized carbons (Fsp3) is 0.276. The standard InChI is InChI=1S/C29H32N2O3/c1-20-9-16-25-26(18-30-21(2)10-11-22-7-5-4-6-8-22)28(29(32)33)31(27(25)17-20)19-23-12-14-24(34-3)15-13-23/h4-9,12-17,21,30H,10-11,18-19H2,1-3H3,(H,32,33). The number of carboxylic acid groups (broad SMARTS) is 1. The van der Waals surface area contributed by atoms with E-state index in [0.717, 1.165) is 46.2 Å². The topological polar surface area (TPSA) is 63.5 Å². The van der Waals surface area contributed by atoms with Crippen LogP contribution in [0.2, 0.25) is 0 Å². The molecule has 0 aliphatic rings. The molecule has 0 aliphatic carbocycles. The highest BCUT2D eigenvalue weighted by atomic mass is 16.5. The van der Waals surface area contributed by atoms with E-state index in [1.807, 2.05) is 54.0 Å². The Balaban J connectivity index is 1.61. The van der Waals surface area contributed by atoms with Crippen molar-refractivity contribution in [1.82, 2.24) is 9.88 Å². The molecule has 176 valence electrons. The summed E-state index contributed by atoms with van der Waals surface area (Å²) in [6, 6.07) is 24.6. The van der Waals surface area contributed by atoms with E-state index in [2.05, 4.69) is 42.6 Å². The number of methoxy groups -OCH3 is 1. The summed E-state index contributed by atoms with van der Waals surface area (Å²) in [5, 5.41) is 14.8. The largest absolute Gasteiger partial charge is 0.497 e. The molecule has 0 amide bonds. The van der Waals surface area contributed by atoms with Crippen LogP contribution in [0.25, 0.3) is 10.9 Å². The first-order valence-corrected chi connectivity index (χ1v) is 11.7. The third-order valence-corrected chi connectivity index (χ3v) is 6.36. The van der Waals surface area contributed by atoms with Crippen LogP contribution in [0.4, 0.5) is 0 Å². The van der Waals surface area contributed by atoms with E-state index in [0.29, 0.717) is 18.8 Å². The zero-order valence-electron chi connectivity index (χ0n) is 20.0. The number of aryl methyl sites for hydroxylation is 2. The molecule has 34 heavy (non-hydrogen) atoms. The van der Waals surface area contributed by atoms with Gasteiger partial charge in [-0.1, -0.05) is 54.6 Å². The first-order valence-electron chi connectivity index (χ1n) is 11.7. The Bertz CT molecular complexity index is 1260. The van der Waals surface area contributed by atoms with Crippen molar-refractivity contribution in [3.05, 3.63) is 101 Å². The SMILES string of the molecule is COc1ccc(Cn2c(C(=O)O)c(CNC(C)CCc3ccccc3)c3ccc(C)cc32)cc1. The molecule has 1 atom stereocenters. The van der Waals surface area contributed by atoms with Crippen molar-refractivity contribution in [1.29, 1.82) is 0 Å². The minimum Gasteiger partial charge on any atom is -0.497 e. The molecule has 5 heteroatoms. The smallest absolute Gasteiger partial charge is 0.352 e. The normalized spacial score (nSPS) is 12.1. The van der Waals surface area contributed by atoms with E-state index in [1.54, 1.807) is 7.11 Å². The molecule has 4 aromatic rings. The zero-order valence-corrected chi connectivity index (χ0v) is 20.0. The molecule has 0 bridgehead atoms. The van der Waals surface area contributed by atoms with Gasteiger partial charge in [-0.05, 0) is 61.6 Å². The van der Waals surface area contributed by atoms with Gasteiger partial charge in [-0.3, -0.25) is 0 Å². The van der Waals surface area contributed by atoms with E-state index in [1.165, 1.54) is 5.56 Å². The van der Waals surface area contributed by atoms with Crippen LogP contribution < -0.4 is 10.1 Å². The van der Waals surface area contributed by atoms with Gasteiger partial charge in [0.2, 0.25) is 0 Å². The quantitative estimate of drug-likeness (QED) is 0.316. The molecular weight excluding hydrogens is 424 g/mol. The van der Waals surface area contributed by atoms with Crippen molar-refractivity contribution >= 4 is 16.9 Å². The Morgan fingerprint density at radius 2 is 1.76 bits per heavy atom. The predicted molar refractivity (Wildman–Crippen MR) is 137 cm³/mol. The van der Waals surface area contributed by atoms with Gasteiger partial charge < -0.3 is 19.7 Å². The number of hydrogen-bond donors (Lipinski definition) is 2. The average molecular weight is 457 g/mol. The summed E-state index contributed by atoms with van der Waals surface area (Å²) >= 11 is 0. The van der Waals surface area contributed by atoms with E-state index in [9.17, 15) is 9.90 Å². The molecule has 4 rings (SSSR count). The third-order valence-electron chi connectivity index (χ3n) is 6.36. The van der Waals surface area contributed by atoms with Crippen LogP contribution in [0.15, 0.2) is 72.8 Å². The fourth-order valence-electron chi connectivity index (χ4n) is 4.44. The number of hydrogen-bond acceptors (Lipinski definition) is 3. The van der Waals surface area contributed by atoms with Gasteiger partial charge in [0, 0.05) is 35.6 Å². The second kappa shape index (κ2) is 10.6. The number of carbonyl (C=O) groups is 1. The number of rotatable bonds is 10. The molecule has 3 aromatic carbocycles. The van der Waals surface area contributed by atoms with Crippen molar-refractivity contribution in [2.24, 2.45) is 0 Å². The van der Waals surface area contributed by atoms with Crippen LogP contribution in [-0.2, 0) is 19.5 Å². The highest BCUT2D eigenvalue weighted by Crippen LogP contribution is 2.29. The molecule has 0 fully saturated rings. The van der Waals surface area contributed by atoms with E-state index in [4.69, 9.17) is 4.74 Å². The number of benzene rings is 3. The lowest BCUT2D eigenvalue weighted by atomic mass is 10.1. The second-order valence-corrected chi connectivity index (χ2v) is 8.89. The number of nitrogens with zero attached hydrogens (tertiary/aromatic N) is 1. The fourth-order valence-corrected chi connectivity index (χ4v) is 4.44. The van der Waals surface area contributed by atoms with Crippen LogP contribution in [0.5, 0.6) is 5.75 Å². The summed E-state index contributed by atoms with van der Waals surface area (Å²) in [5.74, 6) is -0.124. The van der Waals surface area contributed by atoms with Gasteiger partial charge in [-0.15, -0.1) is 0 Å². The Morgan fingerprint density at radius 1 is 1.03 bits per heavy atom. The van der Waals surface area contributed by atoms with E-state index >= 15 is 0 Å². The molecular formula is C29H32N2O3. The lowest BCUT2D eigenvalue weighted by Gasteiger charge is -2.15.